The summed E-state index contributed by atoms with van der Waals surface area (Å²) in [4.78, 5) is 6.90. The number of nitrogens with zero attached hydrogens (tertiary/aromatic N) is 2. The summed E-state index contributed by atoms with van der Waals surface area (Å²) in [5.41, 5.74) is -1.96. The molecule has 32 heavy (non-hydrogen) atoms. The van der Waals surface area contributed by atoms with Gasteiger partial charge in [-0.05, 0) is 48.9 Å². The van der Waals surface area contributed by atoms with Crippen molar-refractivity contribution in [2.75, 3.05) is 0 Å². The normalized spacial score (nSPS) is 12.5. The Hall–Kier alpha value is -3.44. The van der Waals surface area contributed by atoms with E-state index in [1.165, 1.54) is 0 Å². The number of benzene rings is 2. The maximum Gasteiger partial charge on any atom is 0.462 e. The van der Waals surface area contributed by atoms with Crippen LogP contribution in [0.25, 0.3) is 0 Å². The van der Waals surface area contributed by atoms with Crippen molar-refractivity contribution in [2.45, 2.75) is 25.3 Å². The lowest BCUT2D eigenvalue weighted by Gasteiger charge is -2.20. The number of alkyl halides is 7. The van der Waals surface area contributed by atoms with Crippen molar-refractivity contribution in [3.8, 4) is 11.5 Å². The van der Waals surface area contributed by atoms with Gasteiger partial charge in [-0.25, -0.2) is 14.4 Å². The van der Waals surface area contributed by atoms with E-state index in [1.54, 1.807) is 6.92 Å². The van der Waals surface area contributed by atoms with Gasteiger partial charge in [0.2, 0.25) is 5.82 Å². The van der Waals surface area contributed by atoms with Crippen molar-refractivity contribution in [3.05, 3.63) is 83.2 Å². The average Bonchev–Trinajstić information content (AvgIpc) is 2.67. The third-order valence-electron chi connectivity index (χ3n) is 3.97. The number of rotatable bonds is 6. The zero-order valence-corrected chi connectivity index (χ0v) is 15.9. The molecule has 0 atom stereocenters. The van der Waals surface area contributed by atoms with E-state index < -0.39 is 52.7 Å². The van der Waals surface area contributed by atoms with Crippen LogP contribution in [0.1, 0.15) is 22.5 Å². The fourth-order valence-electron chi connectivity index (χ4n) is 2.45. The molecule has 0 saturated heterocycles. The monoisotopic (exact) mass is 464 g/mol. The van der Waals surface area contributed by atoms with Gasteiger partial charge in [-0.1, -0.05) is 0 Å². The Kier molecular flexibility index (Phi) is 5.98. The van der Waals surface area contributed by atoms with Crippen LogP contribution in [-0.4, -0.2) is 9.97 Å². The van der Waals surface area contributed by atoms with Gasteiger partial charge in [0, 0.05) is 18.5 Å². The lowest BCUT2D eigenvalue weighted by atomic mass is 10.2. The molecule has 0 bridgehead atoms. The third kappa shape index (κ3) is 5.24. The first-order valence-corrected chi connectivity index (χ1v) is 8.68. The van der Waals surface area contributed by atoms with Crippen molar-refractivity contribution < 1.29 is 44.6 Å². The highest BCUT2D eigenvalue weighted by Gasteiger charge is 2.40. The van der Waals surface area contributed by atoms with Crippen LogP contribution in [0.15, 0.2) is 54.9 Å². The van der Waals surface area contributed by atoms with Crippen LogP contribution < -0.4 is 9.47 Å². The molecule has 4 nitrogen and oxygen atoms in total. The van der Waals surface area contributed by atoms with E-state index in [2.05, 4.69) is 19.4 Å². The summed E-state index contributed by atoms with van der Waals surface area (Å²) >= 11 is 0. The molecule has 2 aromatic carbocycles. The van der Waals surface area contributed by atoms with Gasteiger partial charge in [-0.3, -0.25) is 0 Å². The Morgan fingerprint density at radius 2 is 1.25 bits per heavy atom. The van der Waals surface area contributed by atoms with Gasteiger partial charge in [0.15, 0.2) is 0 Å². The molecular weight excluding hydrogens is 452 g/mol. The smallest absolute Gasteiger partial charge is 0.429 e. The Labute approximate surface area is 175 Å². The highest BCUT2D eigenvalue weighted by Crippen LogP contribution is 2.37. The summed E-state index contributed by atoms with van der Waals surface area (Å²) in [6, 6.07) is 3.93. The standard InChI is InChI=1S/C20H12F8N2O2/c1-11-9-29-17(30-10-11)20(27,28)31-13-4-2-12(3-5-13)19(25,26)32-14-6-7-15(16(21)8-14)18(22,23)24/h2-10H,1H3. The lowest BCUT2D eigenvalue weighted by molar-refractivity contribution is -0.192. The van der Waals surface area contributed by atoms with Crippen LogP contribution in [0.2, 0.25) is 0 Å². The summed E-state index contributed by atoms with van der Waals surface area (Å²) in [6.45, 7) is 1.59. The molecule has 0 N–H and O–H groups in total. The second-order valence-electron chi connectivity index (χ2n) is 6.49. The maximum absolute atomic E-state index is 14.3. The molecule has 0 fully saturated rings. The van der Waals surface area contributed by atoms with Crippen molar-refractivity contribution >= 4 is 0 Å². The predicted octanol–water partition coefficient (Wildman–Crippen LogP) is 6.20. The van der Waals surface area contributed by atoms with Gasteiger partial charge in [-0.2, -0.15) is 30.7 Å². The Morgan fingerprint density at radius 1 is 0.719 bits per heavy atom. The van der Waals surface area contributed by atoms with E-state index in [0.29, 0.717) is 23.8 Å². The minimum Gasteiger partial charge on any atom is -0.429 e. The van der Waals surface area contributed by atoms with E-state index >= 15 is 0 Å². The predicted molar refractivity (Wildman–Crippen MR) is 93.7 cm³/mol. The van der Waals surface area contributed by atoms with Crippen molar-refractivity contribution in [2.24, 2.45) is 0 Å². The summed E-state index contributed by atoms with van der Waals surface area (Å²) in [5.74, 6) is -4.11. The highest BCUT2D eigenvalue weighted by atomic mass is 19.4. The van der Waals surface area contributed by atoms with Gasteiger partial charge >= 0.3 is 18.4 Å². The Balaban J connectivity index is 1.74. The molecule has 1 heterocycles. The van der Waals surface area contributed by atoms with Crippen molar-refractivity contribution in [1.29, 1.82) is 0 Å². The van der Waals surface area contributed by atoms with E-state index in [9.17, 15) is 35.1 Å². The van der Waals surface area contributed by atoms with E-state index in [1.807, 2.05) is 0 Å². The van der Waals surface area contributed by atoms with Crippen LogP contribution in [0.3, 0.4) is 0 Å². The van der Waals surface area contributed by atoms with Gasteiger partial charge in [0.05, 0.1) is 11.1 Å². The molecule has 0 unspecified atom stereocenters. The van der Waals surface area contributed by atoms with E-state index in [0.717, 1.165) is 24.5 Å². The summed E-state index contributed by atoms with van der Waals surface area (Å²) in [7, 11) is 0. The third-order valence-corrected chi connectivity index (χ3v) is 3.97. The maximum atomic E-state index is 14.3. The fraction of sp³-hybridized carbons (Fsp3) is 0.200. The van der Waals surface area contributed by atoms with Gasteiger partial charge in [-0.15, -0.1) is 0 Å². The molecule has 3 rings (SSSR count). The molecular formula is C20H12F8N2O2. The topological polar surface area (TPSA) is 44.2 Å². The SMILES string of the molecule is Cc1cnc(C(F)(F)Oc2ccc(C(F)(F)Oc3ccc(C(F)(F)F)c(F)c3)cc2)nc1. The van der Waals surface area contributed by atoms with Gasteiger partial charge in [0.25, 0.3) is 0 Å². The summed E-state index contributed by atoms with van der Waals surface area (Å²) < 4.78 is 117. The molecule has 1 aromatic heterocycles. The molecule has 0 amide bonds. The molecule has 0 aliphatic carbocycles. The van der Waals surface area contributed by atoms with Crippen molar-refractivity contribution in [1.82, 2.24) is 9.97 Å². The molecule has 3 aromatic rings. The Morgan fingerprint density at radius 3 is 1.78 bits per heavy atom. The number of aryl methyl sites for hydroxylation is 1. The number of hydrogen-bond donors (Lipinski definition) is 0. The van der Waals surface area contributed by atoms with Crippen LogP contribution in [0.5, 0.6) is 11.5 Å². The second-order valence-corrected chi connectivity index (χ2v) is 6.49. The average molecular weight is 464 g/mol. The van der Waals surface area contributed by atoms with Crippen LogP contribution >= 0.6 is 0 Å². The molecule has 170 valence electrons. The number of aromatic nitrogens is 2. The van der Waals surface area contributed by atoms with Gasteiger partial charge < -0.3 is 9.47 Å². The first kappa shape index (κ1) is 23.2. The fourth-order valence-corrected chi connectivity index (χ4v) is 2.45. The van der Waals surface area contributed by atoms with Crippen LogP contribution in [0.4, 0.5) is 35.1 Å². The van der Waals surface area contributed by atoms with Gasteiger partial charge in [0.1, 0.15) is 17.3 Å². The molecule has 12 heteroatoms. The summed E-state index contributed by atoms with van der Waals surface area (Å²) in [5, 5.41) is 0. The second kappa shape index (κ2) is 8.24. The number of halogens is 8. The minimum absolute atomic E-state index is 0.163. The lowest BCUT2D eigenvalue weighted by Crippen LogP contribution is -2.25. The number of ether oxygens (including phenoxy) is 2. The molecule has 0 radical (unpaired) electrons. The summed E-state index contributed by atoms with van der Waals surface area (Å²) in [6.07, 6.45) is -10.8. The van der Waals surface area contributed by atoms with Crippen molar-refractivity contribution in [3.63, 3.8) is 0 Å². The quantitative estimate of drug-likeness (QED) is 0.408. The minimum atomic E-state index is -5.01. The Bertz CT molecular complexity index is 1080. The molecule has 0 aliphatic rings. The molecule has 0 saturated carbocycles. The first-order valence-electron chi connectivity index (χ1n) is 8.68. The van der Waals surface area contributed by atoms with E-state index in [-0.39, 0.29) is 12.1 Å². The molecule has 0 spiro atoms. The van der Waals surface area contributed by atoms with Crippen LogP contribution in [-0.2, 0) is 18.4 Å². The van der Waals surface area contributed by atoms with E-state index in [4.69, 9.17) is 0 Å². The highest BCUT2D eigenvalue weighted by molar-refractivity contribution is 5.33. The zero-order chi connectivity index (χ0) is 23.7. The first-order chi connectivity index (χ1) is 14.8. The zero-order valence-electron chi connectivity index (χ0n) is 15.9. The number of hydrogen-bond acceptors (Lipinski definition) is 4. The largest absolute Gasteiger partial charge is 0.462 e. The molecule has 0 aliphatic heterocycles. The van der Waals surface area contributed by atoms with Crippen LogP contribution in [0, 0.1) is 12.7 Å².